The maximum absolute atomic E-state index is 4.75. The molecule has 3 nitrogen and oxygen atoms in total. The molecule has 2 heterocycles. The van der Waals surface area contributed by atoms with Crippen LogP contribution >= 0.6 is 11.3 Å². The van der Waals surface area contributed by atoms with E-state index in [1.54, 1.807) is 11.3 Å². The summed E-state index contributed by atoms with van der Waals surface area (Å²) in [4.78, 5) is 7.17. The number of nitrogens with one attached hydrogen (secondary N) is 1. The van der Waals surface area contributed by atoms with E-state index in [0.29, 0.717) is 6.04 Å². The van der Waals surface area contributed by atoms with Crippen molar-refractivity contribution < 1.29 is 0 Å². The minimum absolute atomic E-state index is 0.170. The van der Waals surface area contributed by atoms with Crippen LogP contribution in [0.2, 0.25) is 0 Å². The van der Waals surface area contributed by atoms with Gasteiger partial charge in [0.25, 0.3) is 0 Å². The van der Waals surface area contributed by atoms with Gasteiger partial charge < -0.3 is 10.2 Å². The molecule has 0 aromatic carbocycles. The van der Waals surface area contributed by atoms with Crippen molar-refractivity contribution in [3.8, 4) is 0 Å². The second-order valence-corrected chi connectivity index (χ2v) is 7.77. The number of piperidine rings is 1. The first-order valence-electron chi connectivity index (χ1n) is 7.23. The van der Waals surface area contributed by atoms with E-state index < -0.39 is 0 Å². The van der Waals surface area contributed by atoms with Crippen molar-refractivity contribution in [3.05, 3.63) is 16.1 Å². The Morgan fingerprint density at radius 3 is 2.79 bits per heavy atom. The predicted octanol–water partition coefficient (Wildman–Crippen LogP) is 2.87. The molecule has 0 spiro atoms. The van der Waals surface area contributed by atoms with Crippen LogP contribution in [0.25, 0.3) is 0 Å². The minimum Gasteiger partial charge on any atom is -0.308 e. The lowest BCUT2D eigenvalue weighted by atomic mass is 9.94. The summed E-state index contributed by atoms with van der Waals surface area (Å²) < 4.78 is 0. The maximum atomic E-state index is 4.75. The molecule has 1 saturated heterocycles. The highest BCUT2D eigenvalue weighted by molar-refractivity contribution is 7.09. The van der Waals surface area contributed by atoms with Gasteiger partial charge in [0.05, 0.1) is 10.7 Å². The third-order valence-electron chi connectivity index (χ3n) is 3.85. The number of rotatable bonds is 3. The molecular formula is C15H27N3S. The van der Waals surface area contributed by atoms with Crippen molar-refractivity contribution in [2.75, 3.05) is 20.1 Å². The van der Waals surface area contributed by atoms with Gasteiger partial charge in [0, 0.05) is 29.9 Å². The fourth-order valence-electron chi connectivity index (χ4n) is 2.63. The fourth-order valence-corrected chi connectivity index (χ4v) is 3.53. The number of hydrogen-bond donors (Lipinski definition) is 1. The third kappa shape index (κ3) is 4.01. The normalized spacial score (nSPS) is 25.7. The third-order valence-corrected chi connectivity index (χ3v) is 5.16. The first-order valence-corrected chi connectivity index (χ1v) is 8.11. The Bertz CT molecular complexity index is 408. The Labute approximate surface area is 121 Å². The van der Waals surface area contributed by atoms with E-state index in [9.17, 15) is 0 Å². The van der Waals surface area contributed by atoms with E-state index in [0.717, 1.165) is 12.5 Å². The van der Waals surface area contributed by atoms with E-state index in [4.69, 9.17) is 4.98 Å². The summed E-state index contributed by atoms with van der Waals surface area (Å²) in [7, 11) is 2.21. The molecule has 1 N–H and O–H groups in total. The molecule has 0 bridgehead atoms. The van der Waals surface area contributed by atoms with Crippen LogP contribution < -0.4 is 5.32 Å². The van der Waals surface area contributed by atoms with Crippen molar-refractivity contribution in [1.82, 2.24) is 15.2 Å². The molecule has 19 heavy (non-hydrogen) atoms. The summed E-state index contributed by atoms with van der Waals surface area (Å²) in [6, 6.07) is 0.635. The van der Waals surface area contributed by atoms with Gasteiger partial charge in [-0.25, -0.2) is 4.98 Å². The van der Waals surface area contributed by atoms with Crippen LogP contribution in [0.4, 0.5) is 0 Å². The number of aromatic nitrogens is 1. The standard InChI is InChI=1S/C15H27N3S/c1-11-9-18(5)7-6-13(11)16-8-12-10-19-14(17-12)15(2,3)4/h10-11,13,16H,6-9H2,1-5H3. The Balaban J connectivity index is 1.87. The monoisotopic (exact) mass is 281 g/mol. The molecule has 0 radical (unpaired) electrons. The highest BCUT2D eigenvalue weighted by Crippen LogP contribution is 2.25. The second kappa shape index (κ2) is 5.90. The van der Waals surface area contributed by atoms with Crippen LogP contribution in [-0.4, -0.2) is 36.1 Å². The number of hydrogen-bond acceptors (Lipinski definition) is 4. The Kier molecular flexibility index (Phi) is 4.64. The van der Waals surface area contributed by atoms with Gasteiger partial charge in [-0.3, -0.25) is 0 Å². The van der Waals surface area contributed by atoms with E-state index in [1.807, 2.05) is 0 Å². The summed E-state index contributed by atoms with van der Waals surface area (Å²) >= 11 is 1.78. The molecule has 1 aromatic heterocycles. The minimum atomic E-state index is 0.170. The molecule has 1 fully saturated rings. The first kappa shape index (κ1) is 14.9. The van der Waals surface area contributed by atoms with Crippen molar-refractivity contribution in [2.24, 2.45) is 5.92 Å². The molecule has 108 valence electrons. The number of nitrogens with zero attached hydrogens (tertiary/aromatic N) is 2. The molecule has 1 aromatic rings. The van der Waals surface area contributed by atoms with Gasteiger partial charge in [-0.1, -0.05) is 27.7 Å². The molecular weight excluding hydrogens is 254 g/mol. The fraction of sp³-hybridized carbons (Fsp3) is 0.800. The quantitative estimate of drug-likeness (QED) is 0.923. The van der Waals surface area contributed by atoms with E-state index in [1.165, 1.54) is 30.2 Å². The zero-order valence-electron chi connectivity index (χ0n) is 12.9. The van der Waals surface area contributed by atoms with Gasteiger partial charge >= 0.3 is 0 Å². The number of thiazole rings is 1. The van der Waals surface area contributed by atoms with E-state index in [2.05, 4.69) is 50.3 Å². The molecule has 0 amide bonds. The van der Waals surface area contributed by atoms with E-state index in [-0.39, 0.29) is 5.41 Å². The Morgan fingerprint density at radius 2 is 2.21 bits per heavy atom. The molecule has 4 heteroatoms. The lowest BCUT2D eigenvalue weighted by Gasteiger charge is -2.35. The maximum Gasteiger partial charge on any atom is 0.0982 e. The SMILES string of the molecule is CC1CN(C)CCC1NCc1csc(C(C)(C)C)n1. The van der Waals surface area contributed by atoms with E-state index >= 15 is 0 Å². The number of likely N-dealkylation sites (tertiary alicyclic amines) is 1. The Morgan fingerprint density at radius 1 is 1.47 bits per heavy atom. The van der Waals surface area contributed by atoms with Crippen LogP contribution in [0.15, 0.2) is 5.38 Å². The van der Waals surface area contributed by atoms with Crippen LogP contribution in [-0.2, 0) is 12.0 Å². The Hall–Kier alpha value is -0.450. The highest BCUT2D eigenvalue weighted by Gasteiger charge is 2.24. The molecule has 0 saturated carbocycles. The largest absolute Gasteiger partial charge is 0.308 e. The van der Waals surface area contributed by atoms with Gasteiger partial charge in [0.1, 0.15) is 0 Å². The molecule has 2 unspecified atom stereocenters. The van der Waals surface area contributed by atoms with Gasteiger partial charge in [0.2, 0.25) is 0 Å². The summed E-state index contributed by atoms with van der Waals surface area (Å²) in [5.41, 5.74) is 1.37. The topological polar surface area (TPSA) is 28.2 Å². The summed E-state index contributed by atoms with van der Waals surface area (Å²) in [6.07, 6.45) is 1.24. The van der Waals surface area contributed by atoms with Crippen LogP contribution in [0.1, 0.15) is 44.8 Å². The molecule has 2 atom stereocenters. The first-order chi connectivity index (χ1) is 8.86. The van der Waals surface area contributed by atoms with Crippen LogP contribution in [0.5, 0.6) is 0 Å². The summed E-state index contributed by atoms with van der Waals surface area (Å²) in [5.74, 6) is 0.722. The second-order valence-electron chi connectivity index (χ2n) is 6.91. The average Bonchev–Trinajstić information content (AvgIpc) is 2.76. The smallest absolute Gasteiger partial charge is 0.0982 e. The van der Waals surface area contributed by atoms with Crippen molar-refractivity contribution >= 4 is 11.3 Å². The lowest BCUT2D eigenvalue weighted by Crippen LogP contribution is -2.46. The van der Waals surface area contributed by atoms with Gasteiger partial charge in [-0.15, -0.1) is 11.3 Å². The predicted molar refractivity (Wildman–Crippen MR) is 82.7 cm³/mol. The van der Waals surface area contributed by atoms with Crippen molar-refractivity contribution in [3.63, 3.8) is 0 Å². The highest BCUT2D eigenvalue weighted by atomic mass is 32.1. The lowest BCUT2D eigenvalue weighted by molar-refractivity contribution is 0.174. The summed E-state index contributed by atoms with van der Waals surface area (Å²) in [6.45, 7) is 12.3. The summed E-state index contributed by atoms with van der Waals surface area (Å²) in [5, 5.41) is 7.13. The molecule has 2 rings (SSSR count). The van der Waals surface area contributed by atoms with Gasteiger partial charge in [-0.2, -0.15) is 0 Å². The molecule has 0 aliphatic carbocycles. The average molecular weight is 281 g/mol. The zero-order chi connectivity index (χ0) is 14.0. The van der Waals surface area contributed by atoms with Gasteiger partial charge in [-0.05, 0) is 25.9 Å². The van der Waals surface area contributed by atoms with Crippen LogP contribution in [0.3, 0.4) is 0 Å². The molecule has 1 aliphatic heterocycles. The van der Waals surface area contributed by atoms with Crippen molar-refractivity contribution in [1.29, 1.82) is 0 Å². The zero-order valence-corrected chi connectivity index (χ0v) is 13.7. The van der Waals surface area contributed by atoms with Crippen LogP contribution in [0, 0.1) is 5.92 Å². The van der Waals surface area contributed by atoms with Gasteiger partial charge in [0.15, 0.2) is 0 Å². The van der Waals surface area contributed by atoms with Crippen molar-refractivity contribution in [2.45, 2.75) is 52.1 Å². The molecule has 1 aliphatic rings.